The third-order valence-electron chi connectivity index (χ3n) is 1.69. The fourth-order valence-corrected chi connectivity index (χ4v) is 1.31. The van der Waals surface area contributed by atoms with Crippen LogP contribution in [0.3, 0.4) is 0 Å². The van der Waals surface area contributed by atoms with Crippen molar-refractivity contribution in [2.24, 2.45) is 11.7 Å². The molecule has 0 aliphatic carbocycles. The second-order valence-electron chi connectivity index (χ2n) is 3.15. The number of amides is 1. The van der Waals surface area contributed by atoms with Gasteiger partial charge in [-0.15, -0.1) is 0 Å². The first-order valence-electron chi connectivity index (χ1n) is 4.28. The smallest absolute Gasteiger partial charge is 0.264 e. The minimum atomic E-state index is -3.87. The maximum atomic E-state index is 10.6. The first-order chi connectivity index (χ1) is 6.33. The second-order valence-corrected chi connectivity index (χ2v) is 4.72. The Labute approximate surface area is 83.6 Å². The zero-order chi connectivity index (χ0) is 11.2. The van der Waals surface area contributed by atoms with Crippen molar-refractivity contribution in [3.8, 4) is 0 Å². The lowest BCUT2D eigenvalue weighted by Crippen LogP contribution is -2.31. The van der Waals surface area contributed by atoms with Crippen molar-refractivity contribution >= 4 is 16.0 Å². The number of hydrogen-bond acceptors (Lipinski definition) is 4. The highest BCUT2D eigenvalue weighted by Crippen LogP contribution is 1.91. The summed E-state index contributed by atoms with van der Waals surface area (Å²) in [5.74, 6) is -0.946. The minimum absolute atomic E-state index is 0.273. The van der Waals surface area contributed by atoms with Crippen molar-refractivity contribution in [2.45, 2.75) is 13.3 Å². The summed E-state index contributed by atoms with van der Waals surface area (Å²) in [6.07, 6.45) is 0.310. The van der Waals surface area contributed by atoms with Crippen LogP contribution < -0.4 is 11.1 Å². The monoisotopic (exact) mass is 224 g/mol. The lowest BCUT2D eigenvalue weighted by molar-refractivity contribution is -0.121. The van der Waals surface area contributed by atoms with Gasteiger partial charge in [-0.05, 0) is 13.0 Å². The molecule has 0 aromatic carbocycles. The molecule has 0 spiro atoms. The van der Waals surface area contributed by atoms with E-state index in [2.05, 4.69) is 5.32 Å². The van der Waals surface area contributed by atoms with Gasteiger partial charge in [-0.1, -0.05) is 6.92 Å². The van der Waals surface area contributed by atoms with Crippen molar-refractivity contribution < 1.29 is 17.8 Å². The molecule has 1 unspecified atom stereocenters. The third kappa shape index (κ3) is 7.96. The summed E-state index contributed by atoms with van der Waals surface area (Å²) in [6.45, 7) is 2.52. The highest BCUT2D eigenvalue weighted by Gasteiger charge is 2.07. The molecule has 0 bridgehead atoms. The molecule has 0 fully saturated rings. The van der Waals surface area contributed by atoms with Gasteiger partial charge >= 0.3 is 0 Å². The van der Waals surface area contributed by atoms with Crippen molar-refractivity contribution in [1.29, 1.82) is 0 Å². The molecule has 0 rings (SSSR count). The number of hydrogen-bond donors (Lipinski definition) is 3. The van der Waals surface area contributed by atoms with E-state index >= 15 is 0 Å². The second kappa shape index (κ2) is 5.94. The topological polar surface area (TPSA) is 109 Å². The van der Waals surface area contributed by atoms with E-state index in [0.717, 1.165) is 0 Å². The zero-order valence-electron chi connectivity index (χ0n) is 8.06. The van der Waals surface area contributed by atoms with Crippen LogP contribution in [-0.4, -0.2) is 37.7 Å². The largest absolute Gasteiger partial charge is 0.369 e. The Morgan fingerprint density at radius 2 is 2.14 bits per heavy atom. The molecule has 7 heteroatoms. The number of primary amides is 1. The summed E-state index contributed by atoms with van der Waals surface area (Å²) in [4.78, 5) is 10.6. The van der Waals surface area contributed by atoms with Gasteiger partial charge in [-0.2, -0.15) is 8.42 Å². The van der Waals surface area contributed by atoms with E-state index in [0.29, 0.717) is 19.5 Å². The van der Waals surface area contributed by atoms with Crippen LogP contribution in [0.25, 0.3) is 0 Å². The van der Waals surface area contributed by atoms with E-state index < -0.39 is 16.0 Å². The van der Waals surface area contributed by atoms with Gasteiger partial charge in [0.15, 0.2) is 0 Å². The summed E-state index contributed by atoms with van der Waals surface area (Å²) >= 11 is 0. The molecule has 1 atom stereocenters. The van der Waals surface area contributed by atoms with E-state index in [-0.39, 0.29) is 11.7 Å². The normalized spacial score (nSPS) is 13.9. The highest BCUT2D eigenvalue weighted by atomic mass is 32.2. The minimum Gasteiger partial charge on any atom is -0.369 e. The van der Waals surface area contributed by atoms with Crippen LogP contribution in [0.4, 0.5) is 0 Å². The molecule has 0 aromatic rings. The predicted molar refractivity (Wildman–Crippen MR) is 52.3 cm³/mol. The van der Waals surface area contributed by atoms with Gasteiger partial charge in [-0.25, -0.2) is 0 Å². The number of carbonyl (C=O) groups is 1. The Bertz CT molecular complexity index is 275. The SMILES string of the molecule is CC(CNCCCS(=O)(=O)O)C(N)=O. The maximum absolute atomic E-state index is 10.6. The summed E-state index contributed by atoms with van der Waals surface area (Å²) in [5, 5.41) is 2.86. The molecule has 14 heavy (non-hydrogen) atoms. The summed E-state index contributed by atoms with van der Waals surface area (Å²) in [5.41, 5.74) is 5.01. The molecule has 6 nitrogen and oxygen atoms in total. The van der Waals surface area contributed by atoms with Gasteiger partial charge in [0.2, 0.25) is 5.91 Å². The van der Waals surface area contributed by atoms with Gasteiger partial charge in [0.1, 0.15) is 0 Å². The standard InChI is InChI=1S/C7H16N2O4S/c1-6(7(8)10)5-9-3-2-4-14(11,12)13/h6,9H,2-5H2,1H3,(H2,8,10)(H,11,12,13). The molecular weight excluding hydrogens is 208 g/mol. The lowest BCUT2D eigenvalue weighted by Gasteiger charge is -2.07. The lowest BCUT2D eigenvalue weighted by atomic mass is 10.2. The number of carbonyl (C=O) groups excluding carboxylic acids is 1. The molecule has 0 saturated carbocycles. The molecule has 0 aliphatic rings. The van der Waals surface area contributed by atoms with E-state index in [4.69, 9.17) is 10.3 Å². The molecule has 4 N–H and O–H groups in total. The molecule has 0 radical (unpaired) electrons. The first kappa shape index (κ1) is 13.3. The molecular formula is C7H16N2O4S. The summed E-state index contributed by atoms with van der Waals surface area (Å²) in [6, 6.07) is 0. The fourth-order valence-electron chi connectivity index (χ4n) is 0.799. The Balaban J connectivity index is 3.44. The highest BCUT2D eigenvalue weighted by molar-refractivity contribution is 7.85. The average molecular weight is 224 g/mol. The molecule has 0 aliphatic heterocycles. The Kier molecular flexibility index (Phi) is 5.66. The number of rotatable bonds is 7. The van der Waals surface area contributed by atoms with Gasteiger partial charge in [0.25, 0.3) is 10.1 Å². The predicted octanol–water partition coefficient (Wildman–Crippen LogP) is -1.02. The van der Waals surface area contributed by atoms with E-state index in [1.54, 1.807) is 6.92 Å². The van der Waals surface area contributed by atoms with Gasteiger partial charge < -0.3 is 11.1 Å². The molecule has 84 valence electrons. The van der Waals surface area contributed by atoms with Crippen molar-refractivity contribution in [3.63, 3.8) is 0 Å². The van der Waals surface area contributed by atoms with Gasteiger partial charge in [-0.3, -0.25) is 9.35 Å². The van der Waals surface area contributed by atoms with Crippen molar-refractivity contribution in [3.05, 3.63) is 0 Å². The first-order valence-corrected chi connectivity index (χ1v) is 5.89. The van der Waals surface area contributed by atoms with Crippen molar-refractivity contribution in [1.82, 2.24) is 5.32 Å². The number of nitrogens with one attached hydrogen (secondary N) is 1. The zero-order valence-corrected chi connectivity index (χ0v) is 8.88. The van der Waals surface area contributed by atoms with Crippen LogP contribution in [0.5, 0.6) is 0 Å². The molecule has 1 amide bonds. The van der Waals surface area contributed by atoms with Crippen LogP contribution in [0, 0.1) is 5.92 Å². The quantitative estimate of drug-likeness (QED) is 0.378. The fraction of sp³-hybridized carbons (Fsp3) is 0.857. The Morgan fingerprint density at radius 3 is 2.57 bits per heavy atom. The van der Waals surface area contributed by atoms with E-state index in [9.17, 15) is 13.2 Å². The van der Waals surface area contributed by atoms with Crippen LogP contribution in [0.15, 0.2) is 0 Å². The maximum Gasteiger partial charge on any atom is 0.264 e. The molecule has 0 aromatic heterocycles. The van der Waals surface area contributed by atoms with Crippen LogP contribution in [0.1, 0.15) is 13.3 Å². The van der Waals surface area contributed by atoms with Gasteiger partial charge in [0.05, 0.1) is 5.75 Å². The average Bonchev–Trinajstić information content (AvgIpc) is 2.01. The summed E-state index contributed by atoms with van der Waals surface area (Å²) < 4.78 is 29.0. The van der Waals surface area contributed by atoms with Crippen LogP contribution in [-0.2, 0) is 14.9 Å². The van der Waals surface area contributed by atoms with Gasteiger partial charge in [0, 0.05) is 12.5 Å². The summed E-state index contributed by atoms with van der Waals surface area (Å²) in [7, 11) is -3.87. The van der Waals surface area contributed by atoms with E-state index in [1.165, 1.54) is 0 Å². The molecule has 0 saturated heterocycles. The third-order valence-corrected chi connectivity index (χ3v) is 2.50. The Hall–Kier alpha value is -0.660. The molecule has 0 heterocycles. The van der Waals surface area contributed by atoms with Crippen LogP contribution in [0.2, 0.25) is 0 Å². The van der Waals surface area contributed by atoms with Crippen LogP contribution >= 0.6 is 0 Å². The number of nitrogens with two attached hydrogens (primary N) is 1. The van der Waals surface area contributed by atoms with E-state index in [1.807, 2.05) is 0 Å². The Morgan fingerprint density at radius 1 is 1.57 bits per heavy atom. The van der Waals surface area contributed by atoms with Crippen molar-refractivity contribution in [2.75, 3.05) is 18.8 Å².